The first-order chi connectivity index (χ1) is 7.95. The van der Waals surface area contributed by atoms with E-state index in [0.717, 1.165) is 11.5 Å². The summed E-state index contributed by atoms with van der Waals surface area (Å²) in [5, 5.41) is 0. The summed E-state index contributed by atoms with van der Waals surface area (Å²) in [4.78, 5) is 8.00. The molecule has 3 rings (SSSR count). The maximum absolute atomic E-state index is 5.58. The molecule has 2 aromatic carbocycles. The van der Waals surface area contributed by atoms with E-state index in [1.807, 2.05) is 60.7 Å². The van der Waals surface area contributed by atoms with E-state index in [-0.39, 0.29) is 0 Å². The number of para-hydroxylation sites is 2. The van der Waals surface area contributed by atoms with Crippen LogP contribution in [0.5, 0.6) is 11.5 Å². The fraction of sp³-hybridized carbons (Fsp3) is 0.0769. The van der Waals surface area contributed by atoms with Crippen LogP contribution in [0.2, 0.25) is 0 Å². The Morgan fingerprint density at radius 3 is 1.38 bits per heavy atom. The fourth-order valence-electron chi connectivity index (χ4n) is 1.11. The fourth-order valence-corrected chi connectivity index (χ4v) is 1.11. The SMILES string of the molecule is C1OO1.c1ccc(Oc2ccccc2)cc1. The highest BCUT2D eigenvalue weighted by Gasteiger charge is 1.95. The summed E-state index contributed by atoms with van der Waals surface area (Å²) < 4.78 is 5.58. The monoisotopic (exact) mass is 216 g/mol. The number of hydrogen-bond acceptors (Lipinski definition) is 3. The van der Waals surface area contributed by atoms with Gasteiger partial charge in [-0.25, -0.2) is 9.78 Å². The van der Waals surface area contributed by atoms with Crippen molar-refractivity contribution in [2.24, 2.45) is 0 Å². The van der Waals surface area contributed by atoms with Gasteiger partial charge >= 0.3 is 0 Å². The Labute approximate surface area is 94.1 Å². The first kappa shape index (κ1) is 10.7. The van der Waals surface area contributed by atoms with Gasteiger partial charge in [-0.15, -0.1) is 0 Å². The van der Waals surface area contributed by atoms with Gasteiger partial charge in [-0.3, -0.25) is 0 Å². The highest BCUT2D eigenvalue weighted by Crippen LogP contribution is 2.19. The van der Waals surface area contributed by atoms with Crippen molar-refractivity contribution in [1.29, 1.82) is 0 Å². The summed E-state index contributed by atoms with van der Waals surface area (Å²) in [7, 11) is 0. The van der Waals surface area contributed by atoms with Crippen molar-refractivity contribution >= 4 is 0 Å². The van der Waals surface area contributed by atoms with Crippen molar-refractivity contribution in [2.75, 3.05) is 6.79 Å². The minimum Gasteiger partial charge on any atom is -0.457 e. The molecule has 16 heavy (non-hydrogen) atoms. The number of hydrogen-bond donors (Lipinski definition) is 0. The van der Waals surface area contributed by atoms with Crippen molar-refractivity contribution in [3.8, 4) is 11.5 Å². The van der Waals surface area contributed by atoms with E-state index in [4.69, 9.17) is 4.74 Å². The summed E-state index contributed by atoms with van der Waals surface area (Å²) in [6, 6.07) is 19.5. The van der Waals surface area contributed by atoms with Crippen LogP contribution in [0.3, 0.4) is 0 Å². The molecule has 0 saturated carbocycles. The van der Waals surface area contributed by atoms with Crippen molar-refractivity contribution in [2.45, 2.75) is 0 Å². The Hall–Kier alpha value is -1.84. The molecule has 0 radical (unpaired) electrons. The smallest absolute Gasteiger partial charge is 0.214 e. The Bertz CT molecular complexity index is 358. The van der Waals surface area contributed by atoms with Crippen LogP contribution in [-0.2, 0) is 9.78 Å². The van der Waals surface area contributed by atoms with Gasteiger partial charge in [-0.1, -0.05) is 36.4 Å². The largest absolute Gasteiger partial charge is 0.457 e. The molecule has 0 atom stereocenters. The third-order valence-electron chi connectivity index (χ3n) is 1.84. The van der Waals surface area contributed by atoms with Crippen LogP contribution in [0, 0.1) is 0 Å². The maximum Gasteiger partial charge on any atom is 0.214 e. The standard InChI is InChI=1S/C12H10O.CH2O2/c1-3-7-11(8-4-1)13-12-9-5-2-6-10-12;1-2-3-1/h1-10H;1H2. The second kappa shape index (κ2) is 5.90. The van der Waals surface area contributed by atoms with Crippen LogP contribution in [0.25, 0.3) is 0 Å². The Morgan fingerprint density at radius 2 is 1.06 bits per heavy atom. The molecule has 0 N–H and O–H groups in total. The molecular weight excluding hydrogens is 204 g/mol. The molecule has 82 valence electrons. The van der Waals surface area contributed by atoms with Gasteiger partial charge in [0, 0.05) is 0 Å². The molecule has 1 heterocycles. The quantitative estimate of drug-likeness (QED) is 0.570. The zero-order chi connectivity index (χ0) is 11.1. The van der Waals surface area contributed by atoms with E-state index in [0.29, 0.717) is 6.79 Å². The minimum absolute atomic E-state index is 0.500. The Balaban J connectivity index is 0.000000278. The first-order valence-electron chi connectivity index (χ1n) is 4.97. The lowest BCUT2D eigenvalue weighted by atomic mass is 10.3. The molecule has 1 aliphatic heterocycles. The van der Waals surface area contributed by atoms with Gasteiger partial charge in [0.15, 0.2) is 0 Å². The number of ether oxygens (including phenoxy) is 1. The third-order valence-corrected chi connectivity index (χ3v) is 1.84. The molecule has 3 nitrogen and oxygen atoms in total. The molecule has 0 spiro atoms. The Kier molecular flexibility index (Phi) is 3.94. The van der Waals surface area contributed by atoms with Crippen LogP contribution >= 0.6 is 0 Å². The molecule has 3 heteroatoms. The van der Waals surface area contributed by atoms with Crippen LogP contribution < -0.4 is 4.74 Å². The van der Waals surface area contributed by atoms with E-state index < -0.39 is 0 Å². The lowest BCUT2D eigenvalue weighted by molar-refractivity contribution is 0.0850. The van der Waals surface area contributed by atoms with Gasteiger partial charge in [0.1, 0.15) is 11.5 Å². The number of benzene rings is 2. The molecule has 0 aliphatic carbocycles. The average molecular weight is 216 g/mol. The zero-order valence-corrected chi connectivity index (χ0v) is 8.71. The summed E-state index contributed by atoms with van der Waals surface area (Å²) in [5.74, 6) is 1.74. The number of rotatable bonds is 2. The van der Waals surface area contributed by atoms with E-state index in [1.165, 1.54) is 0 Å². The van der Waals surface area contributed by atoms with E-state index in [9.17, 15) is 0 Å². The van der Waals surface area contributed by atoms with Crippen LogP contribution in [-0.4, -0.2) is 6.79 Å². The second-order valence-corrected chi connectivity index (χ2v) is 3.08. The van der Waals surface area contributed by atoms with Crippen molar-refractivity contribution in [1.82, 2.24) is 0 Å². The van der Waals surface area contributed by atoms with Gasteiger partial charge < -0.3 is 4.74 Å². The lowest BCUT2D eigenvalue weighted by Gasteiger charge is -2.03. The van der Waals surface area contributed by atoms with E-state index in [1.54, 1.807) is 0 Å². The Morgan fingerprint density at radius 1 is 0.688 bits per heavy atom. The van der Waals surface area contributed by atoms with Gasteiger partial charge in [-0.2, -0.15) is 0 Å². The highest BCUT2D eigenvalue weighted by atomic mass is 17.4. The lowest BCUT2D eigenvalue weighted by Crippen LogP contribution is -1.81. The summed E-state index contributed by atoms with van der Waals surface area (Å²) in [6.45, 7) is 0.500. The first-order valence-corrected chi connectivity index (χ1v) is 4.97. The van der Waals surface area contributed by atoms with Crippen molar-refractivity contribution in [3.63, 3.8) is 0 Å². The average Bonchev–Trinajstić information content (AvgIpc) is 3.19. The van der Waals surface area contributed by atoms with Gasteiger partial charge in [0.25, 0.3) is 0 Å². The summed E-state index contributed by atoms with van der Waals surface area (Å²) in [6.07, 6.45) is 0. The van der Waals surface area contributed by atoms with Crippen molar-refractivity contribution < 1.29 is 14.5 Å². The molecule has 1 aliphatic rings. The molecule has 0 unspecified atom stereocenters. The maximum atomic E-state index is 5.58. The molecular formula is C13H12O3. The molecule has 0 aromatic heterocycles. The van der Waals surface area contributed by atoms with Crippen LogP contribution in [0.4, 0.5) is 0 Å². The van der Waals surface area contributed by atoms with Gasteiger partial charge in [0.05, 0.1) is 0 Å². The van der Waals surface area contributed by atoms with Crippen LogP contribution in [0.1, 0.15) is 0 Å². The predicted octanol–water partition coefficient (Wildman–Crippen LogP) is 3.38. The van der Waals surface area contributed by atoms with Gasteiger partial charge in [-0.05, 0) is 24.3 Å². The van der Waals surface area contributed by atoms with Gasteiger partial charge in [0.2, 0.25) is 6.79 Å². The zero-order valence-electron chi connectivity index (χ0n) is 8.71. The summed E-state index contributed by atoms with van der Waals surface area (Å²) >= 11 is 0. The van der Waals surface area contributed by atoms with E-state index >= 15 is 0 Å². The summed E-state index contributed by atoms with van der Waals surface area (Å²) in [5.41, 5.74) is 0. The highest BCUT2D eigenvalue weighted by molar-refractivity contribution is 5.30. The molecule has 1 fully saturated rings. The molecule has 0 bridgehead atoms. The molecule has 1 saturated heterocycles. The van der Waals surface area contributed by atoms with E-state index in [2.05, 4.69) is 9.78 Å². The van der Waals surface area contributed by atoms with Crippen LogP contribution in [0.15, 0.2) is 60.7 Å². The van der Waals surface area contributed by atoms with Crippen molar-refractivity contribution in [3.05, 3.63) is 60.7 Å². The topological polar surface area (TPSA) is 34.3 Å². The minimum atomic E-state index is 0.500. The molecule has 0 amide bonds. The molecule has 2 aromatic rings. The predicted molar refractivity (Wildman–Crippen MR) is 60.0 cm³/mol. The third kappa shape index (κ3) is 4.13. The normalized spacial score (nSPS) is 12.2. The second-order valence-electron chi connectivity index (χ2n) is 3.08.